The summed E-state index contributed by atoms with van der Waals surface area (Å²) in [5, 5.41) is 0. The zero-order valence-corrected chi connectivity index (χ0v) is 11.2. The fourth-order valence-electron chi connectivity index (χ4n) is 1.20. The highest BCUT2D eigenvalue weighted by molar-refractivity contribution is 7.86. The summed E-state index contributed by atoms with van der Waals surface area (Å²) in [5.74, 6) is 0. The molecule has 0 fully saturated rings. The van der Waals surface area contributed by atoms with Crippen molar-refractivity contribution in [2.45, 2.75) is 11.8 Å². The monoisotopic (exact) mass is 296 g/mol. The lowest BCUT2D eigenvalue weighted by atomic mass is 9.95. The number of benzene rings is 1. The lowest BCUT2D eigenvalue weighted by Gasteiger charge is -2.23. The van der Waals surface area contributed by atoms with E-state index in [1.807, 2.05) is 0 Å². The van der Waals surface area contributed by atoms with Gasteiger partial charge in [-0.05, 0) is 19.1 Å². The van der Waals surface area contributed by atoms with Gasteiger partial charge in [0.1, 0.15) is 20.0 Å². The number of rotatable bonds is 7. The summed E-state index contributed by atoms with van der Waals surface area (Å²) in [6, 6.07) is 5.74. The molecule has 19 heavy (non-hydrogen) atoms. The Bertz CT molecular complexity index is 487. The summed E-state index contributed by atoms with van der Waals surface area (Å²) in [4.78, 5) is -0.136. The molecule has 0 aliphatic heterocycles. The lowest BCUT2D eigenvalue weighted by molar-refractivity contribution is 0.0572. The van der Waals surface area contributed by atoms with Crippen molar-refractivity contribution in [3.05, 3.63) is 29.8 Å². The minimum atomic E-state index is -4.14. The Morgan fingerprint density at radius 3 is 1.95 bits per heavy atom. The third kappa shape index (κ3) is 3.94. The summed E-state index contributed by atoms with van der Waals surface area (Å²) in [6.07, 6.45) is 0. The maximum Gasteiger partial charge on any atom is 0.296 e. The van der Waals surface area contributed by atoms with E-state index in [0.717, 1.165) is 5.56 Å². The second kappa shape index (κ2) is 6.38. The van der Waals surface area contributed by atoms with Crippen molar-refractivity contribution in [1.82, 2.24) is 0 Å². The maximum absolute atomic E-state index is 12.6. The molecule has 108 valence electrons. The Balaban J connectivity index is 2.83. The van der Waals surface area contributed by atoms with Gasteiger partial charge in [0.2, 0.25) is 0 Å². The van der Waals surface area contributed by atoms with Gasteiger partial charge in [-0.25, -0.2) is 0 Å². The van der Waals surface area contributed by atoms with E-state index in [2.05, 4.69) is 4.18 Å². The van der Waals surface area contributed by atoms with Crippen molar-refractivity contribution in [3.63, 3.8) is 0 Å². The largest absolute Gasteiger partial charge is 0.296 e. The molecule has 7 heteroatoms. The molecule has 0 radical (unpaired) electrons. The summed E-state index contributed by atoms with van der Waals surface area (Å²) >= 11 is 0. The van der Waals surface area contributed by atoms with Crippen LogP contribution >= 0.6 is 0 Å². The highest BCUT2D eigenvalue weighted by Crippen LogP contribution is 2.23. The van der Waals surface area contributed by atoms with E-state index in [-0.39, 0.29) is 4.90 Å². The van der Waals surface area contributed by atoms with E-state index in [9.17, 15) is 21.6 Å². The topological polar surface area (TPSA) is 43.4 Å². The molecule has 1 rings (SSSR count). The predicted octanol–water partition coefficient (Wildman–Crippen LogP) is 2.60. The van der Waals surface area contributed by atoms with Crippen LogP contribution in [0.1, 0.15) is 5.56 Å². The van der Waals surface area contributed by atoms with Crippen LogP contribution < -0.4 is 0 Å². The third-order valence-electron chi connectivity index (χ3n) is 2.68. The van der Waals surface area contributed by atoms with Crippen LogP contribution in [-0.2, 0) is 14.3 Å². The predicted molar refractivity (Wildman–Crippen MR) is 64.7 cm³/mol. The molecule has 0 amide bonds. The smallest absolute Gasteiger partial charge is 0.265 e. The summed E-state index contributed by atoms with van der Waals surface area (Å²) in [7, 11) is -4.14. The fourth-order valence-corrected chi connectivity index (χ4v) is 2.21. The van der Waals surface area contributed by atoms with E-state index in [0.29, 0.717) is 0 Å². The van der Waals surface area contributed by atoms with Gasteiger partial charge in [-0.3, -0.25) is 17.4 Å². The molecule has 1 aromatic rings. The van der Waals surface area contributed by atoms with E-state index in [1.54, 1.807) is 19.1 Å². The van der Waals surface area contributed by atoms with Crippen LogP contribution in [0.5, 0.6) is 0 Å². The standard InChI is InChI=1S/C12H15F3O3S/c1-10-2-4-11(5-3-10)19(16,17)18-9-12(6-13,7-14)8-15/h2-5H,6-9H2,1H3. The van der Waals surface area contributed by atoms with Gasteiger partial charge in [0.05, 0.1) is 16.9 Å². The maximum atomic E-state index is 12.6. The van der Waals surface area contributed by atoms with Crippen molar-refractivity contribution < 1.29 is 25.8 Å². The number of hydrogen-bond donors (Lipinski definition) is 0. The molecule has 0 N–H and O–H groups in total. The first-order valence-electron chi connectivity index (χ1n) is 5.53. The summed E-state index contributed by atoms with van der Waals surface area (Å²) in [6.45, 7) is -3.08. The molecule has 0 aliphatic carbocycles. The van der Waals surface area contributed by atoms with Gasteiger partial charge in [0.25, 0.3) is 10.1 Å². The first kappa shape index (κ1) is 16.0. The molecule has 1 aromatic carbocycles. The van der Waals surface area contributed by atoms with Crippen molar-refractivity contribution in [2.24, 2.45) is 5.41 Å². The average molecular weight is 296 g/mol. The molecule has 0 aliphatic rings. The second-order valence-electron chi connectivity index (χ2n) is 4.43. The minimum Gasteiger partial charge on any atom is -0.265 e. The molecule has 3 nitrogen and oxygen atoms in total. The number of aryl methyl sites for hydroxylation is 1. The molecule has 0 saturated carbocycles. The van der Waals surface area contributed by atoms with Gasteiger partial charge in [0.15, 0.2) is 0 Å². The Labute approximate surface area is 110 Å². The third-order valence-corrected chi connectivity index (χ3v) is 3.96. The first-order chi connectivity index (χ1) is 8.89. The minimum absolute atomic E-state index is 0.136. The van der Waals surface area contributed by atoms with Gasteiger partial charge in [-0.2, -0.15) is 8.42 Å². The van der Waals surface area contributed by atoms with Crippen molar-refractivity contribution in [3.8, 4) is 0 Å². The van der Waals surface area contributed by atoms with Crippen molar-refractivity contribution in [2.75, 3.05) is 26.6 Å². The van der Waals surface area contributed by atoms with Gasteiger partial charge >= 0.3 is 0 Å². The van der Waals surface area contributed by atoms with Crippen LogP contribution in [0.15, 0.2) is 29.2 Å². The lowest BCUT2D eigenvalue weighted by Crippen LogP contribution is -2.35. The highest BCUT2D eigenvalue weighted by Gasteiger charge is 2.34. The first-order valence-corrected chi connectivity index (χ1v) is 6.94. The SMILES string of the molecule is Cc1ccc(S(=O)(=O)OCC(CF)(CF)CF)cc1. The number of alkyl halides is 3. The summed E-state index contributed by atoms with van der Waals surface area (Å²) in [5.41, 5.74) is -1.19. The number of hydrogen-bond acceptors (Lipinski definition) is 3. The van der Waals surface area contributed by atoms with Crippen molar-refractivity contribution in [1.29, 1.82) is 0 Å². The molecular formula is C12H15F3O3S. The second-order valence-corrected chi connectivity index (χ2v) is 6.05. The summed E-state index contributed by atoms with van der Waals surface area (Å²) < 4.78 is 65.8. The van der Waals surface area contributed by atoms with E-state index < -0.39 is 42.2 Å². The quantitative estimate of drug-likeness (QED) is 0.726. The van der Waals surface area contributed by atoms with Crippen LogP contribution in [0, 0.1) is 12.3 Å². The normalized spacial score (nSPS) is 12.6. The molecule has 0 unspecified atom stereocenters. The van der Waals surface area contributed by atoms with Crippen LogP contribution in [0.2, 0.25) is 0 Å². The molecule has 0 aromatic heterocycles. The molecular weight excluding hydrogens is 281 g/mol. The van der Waals surface area contributed by atoms with E-state index in [4.69, 9.17) is 0 Å². The fraction of sp³-hybridized carbons (Fsp3) is 0.500. The number of halogens is 3. The molecule has 0 spiro atoms. The Morgan fingerprint density at radius 2 is 1.53 bits per heavy atom. The van der Waals surface area contributed by atoms with Crippen LogP contribution in [0.4, 0.5) is 13.2 Å². The van der Waals surface area contributed by atoms with E-state index in [1.165, 1.54) is 12.1 Å². The Kier molecular flexibility index (Phi) is 5.37. The molecule has 0 saturated heterocycles. The Morgan fingerprint density at radius 1 is 1.05 bits per heavy atom. The molecule has 0 atom stereocenters. The van der Waals surface area contributed by atoms with Gasteiger partial charge < -0.3 is 0 Å². The van der Waals surface area contributed by atoms with Gasteiger partial charge in [-0.1, -0.05) is 17.7 Å². The molecule has 0 heterocycles. The Hall–Kier alpha value is -1.08. The zero-order chi connectivity index (χ0) is 14.5. The van der Waals surface area contributed by atoms with Gasteiger partial charge in [0, 0.05) is 0 Å². The van der Waals surface area contributed by atoms with Crippen LogP contribution in [0.3, 0.4) is 0 Å². The van der Waals surface area contributed by atoms with Crippen LogP contribution in [0.25, 0.3) is 0 Å². The van der Waals surface area contributed by atoms with Gasteiger partial charge in [-0.15, -0.1) is 0 Å². The van der Waals surface area contributed by atoms with Crippen LogP contribution in [-0.4, -0.2) is 35.0 Å². The zero-order valence-electron chi connectivity index (χ0n) is 10.4. The van der Waals surface area contributed by atoms with Crippen molar-refractivity contribution >= 4 is 10.1 Å². The highest BCUT2D eigenvalue weighted by atomic mass is 32.2. The molecule has 0 bridgehead atoms. The average Bonchev–Trinajstić information content (AvgIpc) is 2.41. The van der Waals surface area contributed by atoms with E-state index >= 15 is 0 Å².